The fraction of sp³-hybridized carbons (Fsp3) is 0.867. The van der Waals surface area contributed by atoms with Crippen LogP contribution in [0.15, 0.2) is 0 Å². The summed E-state index contributed by atoms with van der Waals surface area (Å²) in [5.74, 6) is 1.59. The van der Waals surface area contributed by atoms with Crippen LogP contribution in [0.25, 0.3) is 0 Å². The van der Waals surface area contributed by atoms with E-state index >= 15 is 0 Å². The Balaban J connectivity index is 1.44. The number of ether oxygens (including phenoxy) is 1. The van der Waals surface area contributed by atoms with E-state index in [1.807, 2.05) is 4.90 Å². The summed E-state index contributed by atoms with van der Waals surface area (Å²) in [4.78, 5) is 27.0. The normalized spacial score (nSPS) is 27.8. The number of piperidine rings is 2. The third kappa shape index (κ3) is 3.48. The quantitative estimate of drug-likeness (QED) is 0.831. The second kappa shape index (κ2) is 6.64. The molecular formula is C15H25N3O3. The molecule has 2 amide bonds. The maximum atomic E-state index is 12.2. The number of amides is 2. The van der Waals surface area contributed by atoms with Gasteiger partial charge in [-0.3, -0.25) is 9.69 Å². The van der Waals surface area contributed by atoms with Crippen LogP contribution in [0.3, 0.4) is 0 Å². The zero-order chi connectivity index (χ0) is 14.7. The molecule has 0 bridgehead atoms. The Labute approximate surface area is 125 Å². The van der Waals surface area contributed by atoms with E-state index in [1.54, 1.807) is 0 Å². The van der Waals surface area contributed by atoms with Crippen LogP contribution >= 0.6 is 0 Å². The van der Waals surface area contributed by atoms with Crippen LogP contribution in [0.1, 0.15) is 25.7 Å². The molecule has 3 aliphatic heterocycles. The molecule has 0 spiro atoms. The lowest BCUT2D eigenvalue weighted by Crippen LogP contribution is -2.46. The average Bonchev–Trinajstić information content (AvgIpc) is 2.93. The SMILES string of the molecule is O=C(CN1CCOC1=O)N1CCC(C2CCCNC2)CC1. The maximum absolute atomic E-state index is 12.2. The number of likely N-dealkylation sites (tertiary alicyclic amines) is 1. The summed E-state index contributed by atoms with van der Waals surface area (Å²) in [6, 6.07) is 0. The van der Waals surface area contributed by atoms with Crippen LogP contribution in [-0.2, 0) is 9.53 Å². The lowest BCUT2D eigenvalue weighted by atomic mass is 9.80. The summed E-state index contributed by atoms with van der Waals surface area (Å²) in [5.41, 5.74) is 0. The Morgan fingerprint density at radius 1 is 1.19 bits per heavy atom. The first-order valence-corrected chi connectivity index (χ1v) is 8.14. The lowest BCUT2D eigenvalue weighted by molar-refractivity contribution is -0.133. The van der Waals surface area contributed by atoms with Crippen LogP contribution in [0.2, 0.25) is 0 Å². The van der Waals surface area contributed by atoms with Crippen LogP contribution in [0.5, 0.6) is 0 Å². The van der Waals surface area contributed by atoms with E-state index in [4.69, 9.17) is 4.74 Å². The summed E-state index contributed by atoms with van der Waals surface area (Å²) in [6.45, 7) is 5.08. The zero-order valence-electron chi connectivity index (χ0n) is 12.6. The second-order valence-corrected chi connectivity index (χ2v) is 6.36. The molecule has 21 heavy (non-hydrogen) atoms. The first-order chi connectivity index (χ1) is 10.2. The van der Waals surface area contributed by atoms with Gasteiger partial charge in [-0.25, -0.2) is 4.79 Å². The van der Waals surface area contributed by atoms with E-state index in [9.17, 15) is 9.59 Å². The Morgan fingerprint density at radius 2 is 2.00 bits per heavy atom. The molecule has 0 aromatic rings. The van der Waals surface area contributed by atoms with Crippen LogP contribution in [0.4, 0.5) is 4.79 Å². The molecule has 0 aromatic carbocycles. The van der Waals surface area contributed by atoms with Gasteiger partial charge < -0.3 is 15.0 Å². The van der Waals surface area contributed by atoms with Gasteiger partial charge in [0.25, 0.3) is 0 Å². The predicted octanol–water partition coefficient (Wildman–Crippen LogP) is 0.677. The van der Waals surface area contributed by atoms with Crippen molar-refractivity contribution >= 4 is 12.0 Å². The first-order valence-electron chi connectivity index (χ1n) is 8.14. The molecular weight excluding hydrogens is 270 g/mol. The van der Waals surface area contributed by atoms with Crippen molar-refractivity contribution in [1.29, 1.82) is 0 Å². The highest BCUT2D eigenvalue weighted by atomic mass is 16.6. The standard InChI is InChI=1S/C15H25N3O3/c19-14(11-18-8-9-21-15(18)20)17-6-3-12(4-7-17)13-2-1-5-16-10-13/h12-13,16H,1-11H2. The Kier molecular flexibility index (Phi) is 4.63. The lowest BCUT2D eigenvalue weighted by Gasteiger charge is -2.38. The first kappa shape index (κ1) is 14.6. The molecule has 6 nitrogen and oxygen atoms in total. The molecule has 1 atom stereocenters. The highest BCUT2D eigenvalue weighted by Crippen LogP contribution is 2.29. The highest BCUT2D eigenvalue weighted by Gasteiger charge is 2.31. The topological polar surface area (TPSA) is 61.9 Å². The average molecular weight is 295 g/mol. The van der Waals surface area contributed by atoms with Crippen LogP contribution < -0.4 is 5.32 Å². The Morgan fingerprint density at radius 3 is 2.62 bits per heavy atom. The zero-order valence-corrected chi connectivity index (χ0v) is 12.6. The van der Waals surface area contributed by atoms with Gasteiger partial charge in [0.2, 0.25) is 5.91 Å². The van der Waals surface area contributed by atoms with Gasteiger partial charge in [0, 0.05) is 13.1 Å². The molecule has 0 radical (unpaired) electrons. The second-order valence-electron chi connectivity index (χ2n) is 6.36. The fourth-order valence-corrected chi connectivity index (χ4v) is 3.73. The molecule has 1 unspecified atom stereocenters. The van der Waals surface area contributed by atoms with Gasteiger partial charge in [-0.15, -0.1) is 0 Å². The Bertz CT molecular complexity index is 388. The monoisotopic (exact) mass is 295 g/mol. The molecule has 1 N–H and O–H groups in total. The van der Waals surface area contributed by atoms with Crippen molar-refractivity contribution in [2.24, 2.45) is 11.8 Å². The van der Waals surface area contributed by atoms with Crippen LogP contribution in [-0.4, -0.2) is 67.7 Å². The molecule has 3 saturated heterocycles. The van der Waals surface area contributed by atoms with E-state index in [2.05, 4.69) is 5.32 Å². The van der Waals surface area contributed by atoms with Crippen molar-refractivity contribution in [2.45, 2.75) is 25.7 Å². The van der Waals surface area contributed by atoms with Crippen molar-refractivity contribution < 1.29 is 14.3 Å². The number of nitrogens with one attached hydrogen (secondary N) is 1. The van der Waals surface area contributed by atoms with E-state index in [1.165, 1.54) is 17.7 Å². The minimum atomic E-state index is -0.355. The highest BCUT2D eigenvalue weighted by molar-refractivity contribution is 5.82. The van der Waals surface area contributed by atoms with E-state index < -0.39 is 0 Å². The largest absolute Gasteiger partial charge is 0.448 e. The molecule has 118 valence electrons. The predicted molar refractivity (Wildman–Crippen MR) is 77.8 cm³/mol. The van der Waals surface area contributed by atoms with Gasteiger partial charge in [0.05, 0.1) is 6.54 Å². The summed E-state index contributed by atoms with van der Waals surface area (Å²) in [7, 11) is 0. The van der Waals surface area contributed by atoms with Gasteiger partial charge >= 0.3 is 6.09 Å². The smallest absolute Gasteiger partial charge is 0.410 e. The summed E-state index contributed by atoms with van der Waals surface area (Å²) in [6.07, 6.45) is 4.45. The number of hydrogen-bond donors (Lipinski definition) is 1. The number of rotatable bonds is 3. The fourth-order valence-electron chi connectivity index (χ4n) is 3.73. The molecule has 3 heterocycles. The molecule has 3 aliphatic rings. The van der Waals surface area contributed by atoms with Gasteiger partial charge in [-0.2, -0.15) is 0 Å². The van der Waals surface area contributed by atoms with Crippen molar-refractivity contribution in [3.8, 4) is 0 Å². The number of hydrogen-bond acceptors (Lipinski definition) is 4. The molecule has 0 saturated carbocycles. The number of cyclic esters (lactones) is 1. The van der Waals surface area contributed by atoms with Crippen molar-refractivity contribution in [2.75, 3.05) is 45.9 Å². The van der Waals surface area contributed by atoms with Crippen molar-refractivity contribution in [3.05, 3.63) is 0 Å². The van der Waals surface area contributed by atoms with Crippen molar-refractivity contribution in [3.63, 3.8) is 0 Å². The van der Waals surface area contributed by atoms with Crippen molar-refractivity contribution in [1.82, 2.24) is 15.1 Å². The van der Waals surface area contributed by atoms with E-state index in [-0.39, 0.29) is 18.5 Å². The van der Waals surface area contributed by atoms with Crippen LogP contribution in [0, 0.1) is 11.8 Å². The molecule has 3 fully saturated rings. The third-order valence-electron chi connectivity index (χ3n) is 5.07. The van der Waals surface area contributed by atoms with E-state index in [0.717, 1.165) is 50.9 Å². The minimum absolute atomic E-state index is 0.0640. The molecule has 3 rings (SSSR count). The van der Waals surface area contributed by atoms with Gasteiger partial charge in [-0.1, -0.05) is 0 Å². The molecule has 0 aliphatic carbocycles. The van der Waals surface area contributed by atoms with Gasteiger partial charge in [0.1, 0.15) is 13.2 Å². The Hall–Kier alpha value is -1.30. The number of carbonyl (C=O) groups is 2. The van der Waals surface area contributed by atoms with Gasteiger partial charge in [0.15, 0.2) is 0 Å². The van der Waals surface area contributed by atoms with Gasteiger partial charge in [-0.05, 0) is 50.6 Å². The summed E-state index contributed by atoms with van der Waals surface area (Å²) < 4.78 is 4.86. The minimum Gasteiger partial charge on any atom is -0.448 e. The molecule has 0 aromatic heterocycles. The maximum Gasteiger partial charge on any atom is 0.410 e. The summed E-state index contributed by atoms with van der Waals surface area (Å²) in [5, 5.41) is 3.48. The number of nitrogens with zero attached hydrogens (tertiary/aromatic N) is 2. The number of carbonyl (C=O) groups excluding carboxylic acids is 2. The molecule has 6 heteroatoms. The summed E-state index contributed by atoms with van der Waals surface area (Å²) >= 11 is 0. The van der Waals surface area contributed by atoms with E-state index in [0.29, 0.717) is 13.2 Å². The third-order valence-corrected chi connectivity index (χ3v) is 5.07.